The summed E-state index contributed by atoms with van der Waals surface area (Å²) in [5.41, 5.74) is 0. The van der Waals surface area contributed by atoms with E-state index in [0.717, 1.165) is 0 Å². The van der Waals surface area contributed by atoms with Crippen LogP contribution in [-0.2, 0) is 9.47 Å². The zero-order chi connectivity index (χ0) is 9.19. The van der Waals surface area contributed by atoms with Gasteiger partial charge in [-0.1, -0.05) is 0 Å². The zero-order valence-electron chi connectivity index (χ0n) is 7.49. The molecule has 2 atom stereocenters. The fourth-order valence-corrected chi connectivity index (χ4v) is 1.89. The van der Waals surface area contributed by atoms with Crippen molar-refractivity contribution in [3.8, 4) is 0 Å². The molecule has 1 aliphatic carbocycles. The number of hydrogen-bond acceptors (Lipinski definition) is 4. The molecule has 1 rings (SSSR count). The number of ether oxygens (including phenoxy) is 2. The van der Waals surface area contributed by atoms with Gasteiger partial charge in [0, 0.05) is 33.2 Å². The van der Waals surface area contributed by atoms with Crippen molar-refractivity contribution in [1.29, 1.82) is 0 Å². The van der Waals surface area contributed by atoms with Crippen molar-refractivity contribution in [2.75, 3.05) is 27.4 Å². The van der Waals surface area contributed by atoms with E-state index in [-0.39, 0.29) is 25.0 Å². The molecule has 0 spiro atoms. The number of methoxy groups -OCH3 is 2. The molecule has 0 unspecified atom stereocenters. The van der Waals surface area contributed by atoms with E-state index >= 15 is 0 Å². The Bertz CT molecular complexity index is 144. The van der Waals surface area contributed by atoms with Crippen LogP contribution in [-0.4, -0.2) is 43.4 Å². The van der Waals surface area contributed by atoms with Crippen LogP contribution in [0.1, 0.15) is 6.42 Å². The highest BCUT2D eigenvalue weighted by Gasteiger charge is 2.54. The number of aliphatic hydroxyl groups excluding tert-OH is 2. The monoisotopic (exact) mass is 176 g/mol. The molecule has 0 aromatic heterocycles. The predicted octanol–water partition coefficient (Wildman–Crippen LogP) is -0.404. The van der Waals surface area contributed by atoms with Crippen molar-refractivity contribution < 1.29 is 19.7 Å². The quantitative estimate of drug-likeness (QED) is 0.572. The van der Waals surface area contributed by atoms with Gasteiger partial charge in [-0.3, -0.25) is 0 Å². The minimum atomic E-state index is -0.665. The maximum atomic E-state index is 9.01. The van der Waals surface area contributed by atoms with E-state index in [1.807, 2.05) is 0 Å². The first-order chi connectivity index (χ1) is 5.74. The van der Waals surface area contributed by atoms with E-state index in [4.69, 9.17) is 19.7 Å². The smallest absolute Gasteiger partial charge is 0.173 e. The summed E-state index contributed by atoms with van der Waals surface area (Å²) in [4.78, 5) is 0. The van der Waals surface area contributed by atoms with E-state index < -0.39 is 5.79 Å². The number of rotatable bonds is 4. The molecule has 2 N–H and O–H groups in total. The average Bonchev–Trinajstić information content (AvgIpc) is 2.07. The first kappa shape index (κ1) is 9.92. The summed E-state index contributed by atoms with van der Waals surface area (Å²) in [5.74, 6) is -0.658. The summed E-state index contributed by atoms with van der Waals surface area (Å²) in [6, 6.07) is 0. The van der Waals surface area contributed by atoms with Crippen LogP contribution in [0.25, 0.3) is 0 Å². The average molecular weight is 176 g/mol. The Hall–Kier alpha value is -0.160. The molecule has 0 bridgehead atoms. The lowest BCUT2D eigenvalue weighted by Gasteiger charge is -2.51. The fraction of sp³-hybridized carbons (Fsp3) is 1.00. The second-order valence-electron chi connectivity index (χ2n) is 3.16. The maximum Gasteiger partial charge on any atom is 0.173 e. The third-order valence-electron chi connectivity index (χ3n) is 2.80. The molecule has 0 aromatic carbocycles. The molecular formula is C8H16O4. The summed E-state index contributed by atoms with van der Waals surface area (Å²) in [5, 5.41) is 17.9. The van der Waals surface area contributed by atoms with Gasteiger partial charge >= 0.3 is 0 Å². The van der Waals surface area contributed by atoms with Crippen molar-refractivity contribution in [2.24, 2.45) is 11.8 Å². The van der Waals surface area contributed by atoms with Gasteiger partial charge in [0.2, 0.25) is 0 Å². The molecule has 72 valence electrons. The molecule has 0 aromatic rings. The first-order valence-electron chi connectivity index (χ1n) is 4.06. The van der Waals surface area contributed by atoms with E-state index in [1.165, 1.54) is 0 Å². The summed E-state index contributed by atoms with van der Waals surface area (Å²) in [7, 11) is 3.11. The first-order valence-corrected chi connectivity index (χ1v) is 4.06. The lowest BCUT2D eigenvalue weighted by atomic mass is 9.68. The number of aliphatic hydroxyl groups is 2. The van der Waals surface area contributed by atoms with Gasteiger partial charge in [0.05, 0.1) is 6.61 Å². The van der Waals surface area contributed by atoms with E-state index in [0.29, 0.717) is 6.42 Å². The summed E-state index contributed by atoms with van der Waals surface area (Å²) in [6.07, 6.45) is 0.654. The Labute approximate surface area is 72.1 Å². The summed E-state index contributed by atoms with van der Waals surface area (Å²) in [6.45, 7) is 0.0760. The molecular weight excluding hydrogens is 160 g/mol. The second-order valence-corrected chi connectivity index (χ2v) is 3.16. The Balaban J connectivity index is 2.58. The van der Waals surface area contributed by atoms with Gasteiger partial charge in [0.1, 0.15) is 0 Å². The summed E-state index contributed by atoms with van der Waals surface area (Å²) < 4.78 is 10.3. The standard InChI is InChI=1S/C8H16O4/c1-11-8(12-2)3-6(4-9)7(8)5-10/h6-7,9-10H,3-5H2,1-2H3/t6-,7-/m1/s1. The van der Waals surface area contributed by atoms with Crippen LogP contribution in [0.2, 0.25) is 0 Å². The molecule has 0 saturated heterocycles. The van der Waals surface area contributed by atoms with E-state index in [2.05, 4.69) is 0 Å². The lowest BCUT2D eigenvalue weighted by molar-refractivity contribution is -0.319. The van der Waals surface area contributed by atoms with Gasteiger partial charge in [0.15, 0.2) is 5.79 Å². The molecule has 4 heteroatoms. The fourth-order valence-electron chi connectivity index (χ4n) is 1.89. The molecule has 0 aliphatic heterocycles. The van der Waals surface area contributed by atoms with Crippen molar-refractivity contribution in [2.45, 2.75) is 12.2 Å². The SMILES string of the molecule is COC1(OC)C[C@H](CO)[C@H]1CO. The molecule has 12 heavy (non-hydrogen) atoms. The van der Waals surface area contributed by atoms with Crippen LogP contribution in [0, 0.1) is 11.8 Å². The van der Waals surface area contributed by atoms with Crippen LogP contribution < -0.4 is 0 Å². The van der Waals surface area contributed by atoms with Gasteiger partial charge in [-0.25, -0.2) is 0 Å². The van der Waals surface area contributed by atoms with Crippen LogP contribution >= 0.6 is 0 Å². The zero-order valence-corrected chi connectivity index (χ0v) is 7.49. The van der Waals surface area contributed by atoms with E-state index in [9.17, 15) is 0 Å². The van der Waals surface area contributed by atoms with Crippen LogP contribution in [0.3, 0.4) is 0 Å². The second kappa shape index (κ2) is 3.70. The molecule has 0 amide bonds. The lowest BCUT2D eigenvalue weighted by Crippen LogP contribution is -2.59. The largest absolute Gasteiger partial charge is 0.396 e. The Kier molecular flexibility index (Phi) is 3.06. The van der Waals surface area contributed by atoms with E-state index in [1.54, 1.807) is 14.2 Å². The minimum absolute atomic E-state index is 0.00704. The Morgan fingerprint density at radius 2 is 1.83 bits per heavy atom. The maximum absolute atomic E-state index is 9.01. The number of hydrogen-bond donors (Lipinski definition) is 2. The molecule has 4 nitrogen and oxygen atoms in total. The molecule has 1 fully saturated rings. The van der Waals surface area contributed by atoms with Gasteiger partial charge in [-0.15, -0.1) is 0 Å². The highest BCUT2D eigenvalue weighted by molar-refractivity contribution is 4.96. The molecule has 1 aliphatic rings. The Morgan fingerprint density at radius 3 is 2.17 bits per heavy atom. The van der Waals surface area contributed by atoms with Crippen molar-refractivity contribution in [3.05, 3.63) is 0 Å². The highest BCUT2D eigenvalue weighted by atomic mass is 16.7. The van der Waals surface area contributed by atoms with Crippen molar-refractivity contribution >= 4 is 0 Å². The van der Waals surface area contributed by atoms with Gasteiger partial charge in [-0.05, 0) is 5.92 Å². The molecule has 0 radical (unpaired) electrons. The van der Waals surface area contributed by atoms with Gasteiger partial charge in [0.25, 0.3) is 0 Å². The Morgan fingerprint density at radius 1 is 1.25 bits per heavy atom. The normalized spacial score (nSPS) is 33.0. The van der Waals surface area contributed by atoms with Gasteiger partial charge in [-0.2, -0.15) is 0 Å². The van der Waals surface area contributed by atoms with Crippen LogP contribution in [0.5, 0.6) is 0 Å². The minimum Gasteiger partial charge on any atom is -0.396 e. The predicted molar refractivity (Wildman–Crippen MR) is 42.5 cm³/mol. The highest BCUT2D eigenvalue weighted by Crippen LogP contribution is 2.46. The van der Waals surface area contributed by atoms with Crippen molar-refractivity contribution in [1.82, 2.24) is 0 Å². The summed E-state index contributed by atoms with van der Waals surface area (Å²) >= 11 is 0. The van der Waals surface area contributed by atoms with Crippen LogP contribution in [0.15, 0.2) is 0 Å². The van der Waals surface area contributed by atoms with Crippen LogP contribution in [0.4, 0.5) is 0 Å². The van der Waals surface area contributed by atoms with Gasteiger partial charge < -0.3 is 19.7 Å². The molecule has 0 heterocycles. The third-order valence-corrected chi connectivity index (χ3v) is 2.80. The molecule has 1 saturated carbocycles. The van der Waals surface area contributed by atoms with Crippen molar-refractivity contribution in [3.63, 3.8) is 0 Å². The third kappa shape index (κ3) is 1.25. The topological polar surface area (TPSA) is 58.9 Å².